The second kappa shape index (κ2) is 7.83. The first-order valence-electron chi connectivity index (χ1n) is 5.26. The molecule has 0 aliphatic heterocycles. The van der Waals surface area contributed by atoms with Crippen molar-refractivity contribution >= 4 is 37.8 Å². The van der Waals surface area contributed by atoms with Gasteiger partial charge in [0.05, 0.1) is 18.8 Å². The summed E-state index contributed by atoms with van der Waals surface area (Å²) in [4.78, 5) is 16.8. The number of methoxy groups -OCH3 is 1. The Morgan fingerprint density at radius 3 is 2.83 bits per heavy atom. The van der Waals surface area contributed by atoms with Crippen molar-refractivity contribution < 1.29 is 14.6 Å². The minimum absolute atomic E-state index is 0.0342. The minimum atomic E-state index is -0.862. The highest BCUT2D eigenvalue weighted by atomic mass is 79.9. The van der Waals surface area contributed by atoms with E-state index in [9.17, 15) is 4.79 Å². The molecule has 1 N–H and O–H groups in total. The normalized spacial score (nSPS) is 10.9. The average Bonchev–Trinajstić information content (AvgIpc) is 2.29. The Kier molecular flexibility index (Phi) is 6.77. The molecular weight excluding hydrogens is 368 g/mol. The van der Waals surface area contributed by atoms with E-state index >= 15 is 0 Å². The smallest absolute Gasteiger partial charge is 0.317 e. The lowest BCUT2D eigenvalue weighted by atomic mass is 10.3. The molecule has 7 heteroatoms. The molecule has 0 saturated heterocycles. The van der Waals surface area contributed by atoms with Gasteiger partial charge in [-0.05, 0) is 37.9 Å². The maximum atomic E-state index is 10.8. The van der Waals surface area contributed by atoms with E-state index in [2.05, 4.69) is 36.8 Å². The van der Waals surface area contributed by atoms with E-state index in [1.165, 1.54) is 0 Å². The molecule has 5 nitrogen and oxygen atoms in total. The van der Waals surface area contributed by atoms with Gasteiger partial charge < -0.3 is 9.84 Å². The summed E-state index contributed by atoms with van der Waals surface area (Å²) in [5.41, 5.74) is 0.801. The number of pyridine rings is 1. The third kappa shape index (κ3) is 5.43. The van der Waals surface area contributed by atoms with E-state index in [1.54, 1.807) is 18.2 Å². The first-order valence-corrected chi connectivity index (χ1v) is 6.84. The van der Waals surface area contributed by atoms with E-state index in [0.717, 1.165) is 14.6 Å². The number of carboxylic acids is 1. The van der Waals surface area contributed by atoms with Crippen LogP contribution in [0.25, 0.3) is 0 Å². The summed E-state index contributed by atoms with van der Waals surface area (Å²) in [5, 5.41) is 8.85. The molecule has 0 aliphatic rings. The number of carbonyl (C=O) groups is 1. The Labute approximate surface area is 122 Å². The van der Waals surface area contributed by atoms with Gasteiger partial charge in [-0.2, -0.15) is 0 Å². The largest absolute Gasteiger partial charge is 0.480 e. The predicted octanol–water partition coefficient (Wildman–Crippen LogP) is 2.14. The van der Waals surface area contributed by atoms with Gasteiger partial charge in [-0.25, -0.2) is 0 Å². The molecule has 0 aromatic carbocycles. The molecule has 1 aromatic rings. The Morgan fingerprint density at radius 1 is 1.56 bits per heavy atom. The van der Waals surface area contributed by atoms with E-state index in [4.69, 9.17) is 9.84 Å². The molecule has 100 valence electrons. The van der Waals surface area contributed by atoms with Crippen LogP contribution in [0.2, 0.25) is 0 Å². The van der Waals surface area contributed by atoms with Crippen molar-refractivity contribution in [1.29, 1.82) is 0 Å². The van der Waals surface area contributed by atoms with Gasteiger partial charge in [-0.1, -0.05) is 0 Å². The Bertz CT molecular complexity index is 415. The van der Waals surface area contributed by atoms with Crippen LogP contribution in [0.3, 0.4) is 0 Å². The van der Waals surface area contributed by atoms with Gasteiger partial charge in [0.2, 0.25) is 0 Å². The van der Waals surface area contributed by atoms with Crippen molar-refractivity contribution in [3.63, 3.8) is 0 Å². The highest BCUT2D eigenvalue weighted by Gasteiger charge is 2.13. The van der Waals surface area contributed by atoms with Crippen LogP contribution in [0.15, 0.2) is 21.2 Å². The molecule has 1 aromatic heterocycles. The fraction of sp³-hybridized carbons (Fsp3) is 0.455. The minimum Gasteiger partial charge on any atom is -0.480 e. The molecule has 0 atom stereocenters. The van der Waals surface area contributed by atoms with Crippen LogP contribution < -0.4 is 0 Å². The maximum absolute atomic E-state index is 10.8. The van der Waals surface area contributed by atoms with Gasteiger partial charge in [-0.3, -0.25) is 14.7 Å². The molecule has 18 heavy (non-hydrogen) atoms. The summed E-state index contributed by atoms with van der Waals surface area (Å²) in [6, 6.07) is 1.89. The Morgan fingerprint density at radius 2 is 2.28 bits per heavy atom. The molecule has 0 aliphatic carbocycles. The third-order valence-corrected chi connectivity index (χ3v) is 3.35. The standard InChI is InChI=1S/C11H14Br2N2O3/c1-18-3-2-15(7-11(16)17)6-10-9(13)4-8(12)5-14-10/h4-5H,2-3,6-7H2,1H3,(H,16,17). The number of aromatic nitrogens is 1. The monoisotopic (exact) mass is 380 g/mol. The number of aliphatic carboxylic acids is 1. The van der Waals surface area contributed by atoms with Crippen LogP contribution in [-0.4, -0.2) is 47.8 Å². The van der Waals surface area contributed by atoms with E-state index in [-0.39, 0.29) is 6.54 Å². The molecule has 0 unspecified atom stereocenters. The summed E-state index contributed by atoms with van der Waals surface area (Å²) >= 11 is 6.74. The van der Waals surface area contributed by atoms with Gasteiger partial charge in [0.1, 0.15) is 0 Å². The number of hydrogen-bond donors (Lipinski definition) is 1. The van der Waals surface area contributed by atoms with Crippen LogP contribution in [0.4, 0.5) is 0 Å². The van der Waals surface area contributed by atoms with E-state index < -0.39 is 5.97 Å². The molecule has 0 fully saturated rings. The zero-order valence-corrected chi connectivity index (χ0v) is 13.1. The Hall–Kier alpha value is -0.500. The number of carboxylic acid groups (broad SMARTS) is 1. The number of hydrogen-bond acceptors (Lipinski definition) is 4. The lowest BCUT2D eigenvalue weighted by molar-refractivity contribution is -0.138. The molecule has 1 heterocycles. The summed E-state index contributed by atoms with van der Waals surface area (Å²) < 4.78 is 6.69. The maximum Gasteiger partial charge on any atom is 0.317 e. The molecule has 0 saturated carbocycles. The second-order valence-corrected chi connectivity index (χ2v) is 5.45. The first kappa shape index (κ1) is 15.6. The van der Waals surface area contributed by atoms with Crippen molar-refractivity contribution in [3.05, 3.63) is 26.9 Å². The first-order chi connectivity index (χ1) is 8.52. The van der Waals surface area contributed by atoms with Crippen LogP contribution in [0.1, 0.15) is 5.69 Å². The SMILES string of the molecule is COCCN(CC(=O)O)Cc1ncc(Br)cc1Br. The fourth-order valence-corrected chi connectivity index (χ4v) is 2.51. The van der Waals surface area contributed by atoms with Gasteiger partial charge >= 0.3 is 5.97 Å². The molecular formula is C11H14Br2N2O3. The number of ether oxygens (including phenoxy) is 1. The number of nitrogens with zero attached hydrogens (tertiary/aromatic N) is 2. The summed E-state index contributed by atoms with van der Waals surface area (Å²) in [5.74, 6) is -0.862. The van der Waals surface area contributed by atoms with Crippen molar-refractivity contribution in [2.45, 2.75) is 6.54 Å². The summed E-state index contributed by atoms with van der Waals surface area (Å²) in [7, 11) is 1.59. The quantitative estimate of drug-likeness (QED) is 0.783. The predicted molar refractivity (Wildman–Crippen MR) is 74.4 cm³/mol. The number of halogens is 2. The van der Waals surface area contributed by atoms with Crippen LogP contribution in [-0.2, 0) is 16.1 Å². The molecule has 1 rings (SSSR count). The van der Waals surface area contributed by atoms with Crippen molar-refractivity contribution in [2.24, 2.45) is 0 Å². The van der Waals surface area contributed by atoms with E-state index in [1.807, 2.05) is 6.07 Å². The van der Waals surface area contributed by atoms with Gasteiger partial charge in [-0.15, -0.1) is 0 Å². The highest BCUT2D eigenvalue weighted by Crippen LogP contribution is 2.20. The van der Waals surface area contributed by atoms with Crippen molar-refractivity contribution in [2.75, 3.05) is 26.8 Å². The van der Waals surface area contributed by atoms with Crippen molar-refractivity contribution in [3.8, 4) is 0 Å². The van der Waals surface area contributed by atoms with E-state index in [0.29, 0.717) is 19.7 Å². The third-order valence-electron chi connectivity index (χ3n) is 2.23. The summed E-state index contributed by atoms with van der Waals surface area (Å²) in [6.07, 6.45) is 1.69. The van der Waals surface area contributed by atoms with Crippen LogP contribution in [0.5, 0.6) is 0 Å². The Balaban J connectivity index is 2.71. The molecule has 0 spiro atoms. The molecule has 0 radical (unpaired) electrons. The highest BCUT2D eigenvalue weighted by molar-refractivity contribution is 9.11. The molecule has 0 bridgehead atoms. The van der Waals surface area contributed by atoms with Crippen molar-refractivity contribution in [1.82, 2.24) is 9.88 Å². The van der Waals surface area contributed by atoms with Gasteiger partial charge in [0, 0.05) is 35.3 Å². The van der Waals surface area contributed by atoms with Crippen LogP contribution >= 0.6 is 31.9 Å². The number of rotatable bonds is 7. The fourth-order valence-electron chi connectivity index (χ4n) is 1.40. The average molecular weight is 382 g/mol. The lowest BCUT2D eigenvalue weighted by Crippen LogP contribution is -2.32. The van der Waals surface area contributed by atoms with Crippen LogP contribution in [0, 0.1) is 0 Å². The second-order valence-electron chi connectivity index (χ2n) is 3.68. The zero-order chi connectivity index (χ0) is 13.5. The lowest BCUT2D eigenvalue weighted by Gasteiger charge is -2.19. The van der Waals surface area contributed by atoms with Gasteiger partial charge in [0.25, 0.3) is 0 Å². The topological polar surface area (TPSA) is 62.7 Å². The molecule has 0 amide bonds. The zero-order valence-electron chi connectivity index (χ0n) is 9.90. The summed E-state index contributed by atoms with van der Waals surface area (Å²) in [6.45, 7) is 1.46. The van der Waals surface area contributed by atoms with Gasteiger partial charge in [0.15, 0.2) is 0 Å².